The van der Waals surface area contributed by atoms with Crippen LogP contribution in [0.4, 0.5) is 0 Å². The van der Waals surface area contributed by atoms with Crippen LogP contribution in [0.3, 0.4) is 0 Å². The molecule has 0 saturated carbocycles. The van der Waals surface area contributed by atoms with Gasteiger partial charge in [0.15, 0.2) is 0 Å². The van der Waals surface area contributed by atoms with E-state index in [1.807, 2.05) is 18.2 Å². The number of carbonyl (C=O) groups excluding carboxylic acids is 1. The average molecular weight is 356 g/mol. The van der Waals surface area contributed by atoms with Crippen LogP contribution in [0.1, 0.15) is 72.2 Å². The monoisotopic (exact) mass is 356 g/mol. The van der Waals surface area contributed by atoms with E-state index in [0.29, 0.717) is 5.56 Å². The van der Waals surface area contributed by atoms with Gasteiger partial charge in [-0.1, -0.05) is 27.7 Å². The van der Waals surface area contributed by atoms with Gasteiger partial charge in [-0.05, 0) is 37.1 Å². The second-order valence-electron chi connectivity index (χ2n) is 7.79. The summed E-state index contributed by atoms with van der Waals surface area (Å²) >= 11 is 1.78. The van der Waals surface area contributed by atoms with Crippen molar-refractivity contribution in [3.8, 4) is 0 Å². The van der Waals surface area contributed by atoms with Crippen LogP contribution in [0.5, 0.6) is 0 Å². The number of ether oxygens (including phenoxy) is 1. The number of hydrogen-bond acceptors (Lipinski definition) is 5. The van der Waals surface area contributed by atoms with Gasteiger partial charge in [-0.2, -0.15) is 0 Å². The lowest BCUT2D eigenvalue weighted by Crippen LogP contribution is -2.32. The molecule has 2 aromatic heterocycles. The number of nitrogens with zero attached hydrogens (tertiary/aromatic N) is 2. The standard InChI is InChI=1S/C20H24N2O2S/c1-19(2)10-11-20(3,4)17-16(19)22-15(25-17)9-8-14-7-6-13(12-21-14)18(23)24-5/h6-9,12H,10-11H2,1-5H3. The summed E-state index contributed by atoms with van der Waals surface area (Å²) in [6.45, 7) is 9.17. The number of esters is 1. The maximum atomic E-state index is 11.4. The quantitative estimate of drug-likeness (QED) is 0.738. The van der Waals surface area contributed by atoms with Gasteiger partial charge < -0.3 is 4.74 Å². The number of carbonyl (C=O) groups is 1. The molecule has 0 aliphatic heterocycles. The summed E-state index contributed by atoms with van der Waals surface area (Å²) in [7, 11) is 1.36. The minimum absolute atomic E-state index is 0.133. The third-order valence-electron chi connectivity index (χ3n) is 4.88. The fourth-order valence-electron chi connectivity index (χ4n) is 3.08. The smallest absolute Gasteiger partial charge is 0.339 e. The fraction of sp³-hybridized carbons (Fsp3) is 0.450. The van der Waals surface area contributed by atoms with Gasteiger partial charge in [0.25, 0.3) is 0 Å². The number of rotatable bonds is 3. The van der Waals surface area contributed by atoms with E-state index in [2.05, 4.69) is 37.4 Å². The molecule has 0 fully saturated rings. The molecule has 0 bridgehead atoms. The van der Waals surface area contributed by atoms with E-state index in [-0.39, 0.29) is 16.8 Å². The third-order valence-corrected chi connectivity index (χ3v) is 6.27. The van der Waals surface area contributed by atoms with Crippen molar-refractivity contribution in [1.82, 2.24) is 9.97 Å². The zero-order valence-electron chi connectivity index (χ0n) is 15.4. The molecule has 0 atom stereocenters. The van der Waals surface area contributed by atoms with Crippen molar-refractivity contribution >= 4 is 29.5 Å². The van der Waals surface area contributed by atoms with Crippen molar-refractivity contribution in [3.05, 3.63) is 45.2 Å². The molecule has 1 aliphatic rings. The molecule has 4 nitrogen and oxygen atoms in total. The van der Waals surface area contributed by atoms with E-state index in [1.165, 1.54) is 30.3 Å². The molecule has 1 aliphatic carbocycles. The molecule has 0 unspecified atom stereocenters. The Morgan fingerprint density at radius 1 is 1.16 bits per heavy atom. The summed E-state index contributed by atoms with van der Waals surface area (Å²) < 4.78 is 4.69. The summed E-state index contributed by atoms with van der Waals surface area (Å²) in [5.41, 5.74) is 2.80. The van der Waals surface area contributed by atoms with Crippen LogP contribution < -0.4 is 0 Å². The van der Waals surface area contributed by atoms with Gasteiger partial charge in [0.1, 0.15) is 5.01 Å². The Kier molecular flexibility index (Phi) is 4.54. The van der Waals surface area contributed by atoms with Crippen LogP contribution in [-0.2, 0) is 15.6 Å². The largest absolute Gasteiger partial charge is 0.465 e. The SMILES string of the molecule is COC(=O)c1ccc(C=Cc2nc3c(s2)C(C)(C)CCC3(C)C)nc1. The van der Waals surface area contributed by atoms with Gasteiger partial charge in [-0.15, -0.1) is 11.3 Å². The van der Waals surface area contributed by atoms with Crippen LogP contribution in [0.15, 0.2) is 18.3 Å². The topological polar surface area (TPSA) is 52.1 Å². The van der Waals surface area contributed by atoms with Crippen LogP contribution in [0.2, 0.25) is 0 Å². The molecule has 0 radical (unpaired) electrons. The second kappa shape index (κ2) is 6.37. The Hall–Kier alpha value is -2.01. The molecule has 132 valence electrons. The summed E-state index contributed by atoms with van der Waals surface area (Å²) in [6.07, 6.45) is 7.83. The predicted molar refractivity (Wildman–Crippen MR) is 102 cm³/mol. The molecule has 25 heavy (non-hydrogen) atoms. The molecule has 3 rings (SSSR count). The second-order valence-corrected chi connectivity index (χ2v) is 8.82. The molecule has 5 heteroatoms. The van der Waals surface area contributed by atoms with Crippen molar-refractivity contribution < 1.29 is 9.53 Å². The highest BCUT2D eigenvalue weighted by Crippen LogP contribution is 2.48. The normalized spacial score (nSPS) is 18.1. The molecular formula is C20H24N2O2S. The molecule has 0 saturated heterocycles. The van der Waals surface area contributed by atoms with Gasteiger partial charge in [-0.25, -0.2) is 9.78 Å². The van der Waals surface area contributed by atoms with Crippen LogP contribution >= 0.6 is 11.3 Å². The van der Waals surface area contributed by atoms with Crippen LogP contribution in [0, 0.1) is 0 Å². The molecule has 0 spiro atoms. The summed E-state index contributed by atoms with van der Waals surface area (Å²) in [6, 6.07) is 3.53. The summed E-state index contributed by atoms with van der Waals surface area (Å²) in [5, 5.41) is 1.01. The Morgan fingerprint density at radius 3 is 2.48 bits per heavy atom. The van der Waals surface area contributed by atoms with Crippen LogP contribution in [0.25, 0.3) is 12.2 Å². The van der Waals surface area contributed by atoms with E-state index in [1.54, 1.807) is 17.4 Å². The first-order valence-corrected chi connectivity index (χ1v) is 9.29. The first-order valence-electron chi connectivity index (χ1n) is 8.47. The Balaban J connectivity index is 1.86. The van der Waals surface area contributed by atoms with Crippen molar-refractivity contribution in [1.29, 1.82) is 0 Å². The fourth-order valence-corrected chi connectivity index (χ4v) is 4.36. The van der Waals surface area contributed by atoms with Crippen LogP contribution in [-0.4, -0.2) is 23.0 Å². The number of aromatic nitrogens is 2. The number of hydrogen-bond donors (Lipinski definition) is 0. The zero-order chi connectivity index (χ0) is 18.2. The number of thiazole rings is 1. The molecule has 0 N–H and O–H groups in total. The molecule has 2 heterocycles. The van der Waals surface area contributed by atoms with E-state index in [9.17, 15) is 4.79 Å². The van der Waals surface area contributed by atoms with Crippen molar-refractivity contribution in [2.45, 2.75) is 51.4 Å². The Morgan fingerprint density at radius 2 is 1.88 bits per heavy atom. The van der Waals surface area contributed by atoms with E-state index in [4.69, 9.17) is 4.98 Å². The van der Waals surface area contributed by atoms with Gasteiger partial charge in [0.2, 0.25) is 0 Å². The lowest BCUT2D eigenvalue weighted by atomic mass is 9.69. The first kappa shape index (κ1) is 17.8. The first-order chi connectivity index (χ1) is 11.7. The van der Waals surface area contributed by atoms with Crippen molar-refractivity contribution in [3.63, 3.8) is 0 Å². The van der Waals surface area contributed by atoms with E-state index >= 15 is 0 Å². The Bertz CT molecular complexity index is 783. The average Bonchev–Trinajstić information content (AvgIpc) is 3.04. The van der Waals surface area contributed by atoms with E-state index in [0.717, 1.165) is 17.1 Å². The van der Waals surface area contributed by atoms with E-state index < -0.39 is 0 Å². The minimum Gasteiger partial charge on any atom is -0.465 e. The highest BCUT2D eigenvalue weighted by Gasteiger charge is 2.40. The molecule has 0 aromatic carbocycles. The molecular weight excluding hydrogens is 332 g/mol. The van der Waals surface area contributed by atoms with Gasteiger partial charge >= 0.3 is 5.97 Å². The number of pyridine rings is 1. The van der Waals surface area contributed by atoms with Gasteiger partial charge in [0.05, 0.1) is 24.1 Å². The summed E-state index contributed by atoms with van der Waals surface area (Å²) in [5.74, 6) is -0.375. The highest BCUT2D eigenvalue weighted by atomic mass is 32.1. The molecule has 2 aromatic rings. The lowest BCUT2D eigenvalue weighted by Gasteiger charge is -2.37. The lowest BCUT2D eigenvalue weighted by molar-refractivity contribution is 0.0600. The zero-order valence-corrected chi connectivity index (χ0v) is 16.2. The van der Waals surface area contributed by atoms with Crippen molar-refractivity contribution in [2.24, 2.45) is 0 Å². The van der Waals surface area contributed by atoms with Crippen molar-refractivity contribution in [2.75, 3.05) is 7.11 Å². The minimum atomic E-state index is -0.375. The Labute approximate surface area is 153 Å². The molecule has 0 amide bonds. The number of fused-ring (bicyclic) bond motifs is 1. The third kappa shape index (κ3) is 3.52. The van der Waals surface area contributed by atoms with Gasteiger partial charge in [0, 0.05) is 21.9 Å². The predicted octanol–water partition coefficient (Wildman–Crippen LogP) is 4.84. The highest BCUT2D eigenvalue weighted by molar-refractivity contribution is 7.12. The van der Waals surface area contributed by atoms with Gasteiger partial charge in [-0.3, -0.25) is 4.98 Å². The number of methoxy groups -OCH3 is 1. The summed E-state index contributed by atoms with van der Waals surface area (Å²) in [4.78, 5) is 22.0. The maximum absolute atomic E-state index is 11.4. The maximum Gasteiger partial charge on any atom is 0.339 e.